The van der Waals surface area contributed by atoms with Crippen molar-refractivity contribution in [3.63, 3.8) is 0 Å². The van der Waals surface area contributed by atoms with E-state index in [4.69, 9.17) is 18.9 Å². The van der Waals surface area contributed by atoms with Crippen molar-refractivity contribution in [3.05, 3.63) is 52.7 Å². The molecule has 2 aromatic heterocycles. The maximum absolute atomic E-state index is 13.1. The monoisotopic (exact) mass is 683 g/mol. The van der Waals surface area contributed by atoms with E-state index in [0.717, 1.165) is 29.5 Å². The van der Waals surface area contributed by atoms with Gasteiger partial charge in [-0.3, -0.25) is 9.00 Å². The highest BCUT2D eigenvalue weighted by Crippen LogP contribution is 2.44. The average molecular weight is 684 g/mol. The van der Waals surface area contributed by atoms with Crippen molar-refractivity contribution in [2.24, 2.45) is 0 Å². The van der Waals surface area contributed by atoms with Crippen LogP contribution in [0.1, 0.15) is 92.4 Å². The fourth-order valence-corrected chi connectivity index (χ4v) is 6.68. The number of piperidine rings is 1. The number of carboxylic acid groups (broad SMARTS) is 1. The Balaban J connectivity index is 1.35. The molecular formula is C34H43N4O9S-. The molecule has 1 aromatic carbocycles. The second-order valence-corrected chi connectivity index (χ2v) is 14.6. The van der Waals surface area contributed by atoms with Gasteiger partial charge in [-0.1, -0.05) is 29.8 Å². The van der Waals surface area contributed by atoms with Crippen LogP contribution in [0.15, 0.2) is 34.7 Å². The number of aromatic nitrogens is 1. The molecule has 2 N–H and O–H groups in total. The van der Waals surface area contributed by atoms with Crippen LogP contribution in [0.5, 0.6) is 0 Å². The molecule has 48 heavy (non-hydrogen) atoms. The van der Waals surface area contributed by atoms with Crippen LogP contribution in [0.2, 0.25) is 0 Å². The molecule has 1 atom stereocenters. The molecular weight excluding hydrogens is 640 g/mol. The normalized spacial score (nSPS) is 16.9. The number of hydrogen-bond donors (Lipinski definition) is 2. The zero-order valence-electron chi connectivity index (χ0n) is 28.0. The highest BCUT2D eigenvalue weighted by molar-refractivity contribution is 7.76. The summed E-state index contributed by atoms with van der Waals surface area (Å²) in [4.78, 5) is 43.6. The van der Waals surface area contributed by atoms with Gasteiger partial charge in [0, 0.05) is 56.4 Å². The summed E-state index contributed by atoms with van der Waals surface area (Å²) in [6.45, 7) is 7.87. The average Bonchev–Trinajstić information content (AvgIpc) is 3.79. The molecule has 0 spiro atoms. The van der Waals surface area contributed by atoms with Crippen molar-refractivity contribution in [1.29, 1.82) is 0 Å². The Morgan fingerprint density at radius 3 is 2.42 bits per heavy atom. The molecule has 1 unspecified atom stereocenters. The van der Waals surface area contributed by atoms with Crippen molar-refractivity contribution < 1.29 is 42.1 Å². The first kappa shape index (κ1) is 35.3. The second kappa shape index (κ2) is 14.2. The van der Waals surface area contributed by atoms with Crippen molar-refractivity contribution in [3.8, 4) is 11.3 Å². The first-order valence-corrected chi connectivity index (χ1v) is 17.2. The number of likely N-dealkylation sites (tertiary alicyclic amines) is 1. The standard InChI is InChI=1S/C34H44N4O9S/c1-21-7-9-23(10-8-21)28-27(29(39)35-5)25-19-24(22-11-12-22)26(36-30(25)45-28)20-38(48(43)44)16-6-13-34(47-32(41)42)14-17-37(18-15-34)31(40)46-33(2,3)4/h7-10,19,22H,6,11-18,20H2,1-5H3,(H,35,39)(H,41,42)(H,43,44)/p-1. The number of fused-ring (bicyclic) bond motifs is 1. The van der Waals surface area contributed by atoms with E-state index in [1.165, 1.54) is 9.21 Å². The summed E-state index contributed by atoms with van der Waals surface area (Å²) in [5.41, 5.74) is 2.10. The Bertz CT molecular complexity index is 1690. The largest absolute Gasteiger partial charge is 0.760 e. The molecule has 0 bridgehead atoms. The van der Waals surface area contributed by atoms with Crippen LogP contribution < -0.4 is 5.32 Å². The van der Waals surface area contributed by atoms with Gasteiger partial charge in [-0.2, -0.15) is 0 Å². The van der Waals surface area contributed by atoms with Crippen molar-refractivity contribution in [1.82, 2.24) is 19.5 Å². The molecule has 3 aromatic rings. The Morgan fingerprint density at radius 2 is 1.85 bits per heavy atom. The van der Waals surface area contributed by atoms with Gasteiger partial charge in [0.1, 0.15) is 17.0 Å². The third-order valence-electron chi connectivity index (χ3n) is 8.79. The number of pyridine rings is 1. The van der Waals surface area contributed by atoms with E-state index in [-0.39, 0.29) is 63.0 Å². The van der Waals surface area contributed by atoms with Crippen LogP contribution in [0.25, 0.3) is 22.4 Å². The molecule has 1 aliphatic heterocycles. The molecule has 1 aliphatic carbocycles. The maximum Gasteiger partial charge on any atom is 0.506 e. The molecule has 2 fully saturated rings. The molecule has 14 heteroatoms. The van der Waals surface area contributed by atoms with Crippen molar-refractivity contribution in [2.75, 3.05) is 26.7 Å². The number of amides is 2. The lowest BCUT2D eigenvalue weighted by Crippen LogP contribution is -2.50. The van der Waals surface area contributed by atoms with Crippen LogP contribution >= 0.6 is 0 Å². The number of rotatable bonds is 11. The van der Waals surface area contributed by atoms with E-state index in [9.17, 15) is 28.3 Å². The summed E-state index contributed by atoms with van der Waals surface area (Å²) in [5.74, 6) is 0.273. The summed E-state index contributed by atoms with van der Waals surface area (Å²) >= 11 is -2.61. The minimum atomic E-state index is -2.61. The highest BCUT2D eigenvalue weighted by Gasteiger charge is 2.40. The summed E-state index contributed by atoms with van der Waals surface area (Å²) in [6.07, 6.45) is 1.06. The Labute approximate surface area is 282 Å². The summed E-state index contributed by atoms with van der Waals surface area (Å²) < 4.78 is 43.2. The second-order valence-electron chi connectivity index (χ2n) is 13.6. The van der Waals surface area contributed by atoms with E-state index in [0.29, 0.717) is 28.8 Å². The van der Waals surface area contributed by atoms with E-state index in [2.05, 4.69) is 5.32 Å². The number of carbonyl (C=O) groups is 3. The minimum Gasteiger partial charge on any atom is -0.760 e. The number of carbonyl (C=O) groups excluding carboxylic acids is 2. The van der Waals surface area contributed by atoms with E-state index in [1.54, 1.807) is 27.8 Å². The van der Waals surface area contributed by atoms with E-state index in [1.807, 2.05) is 37.3 Å². The number of nitrogens with zero attached hydrogens (tertiary/aromatic N) is 3. The zero-order valence-corrected chi connectivity index (χ0v) is 28.8. The van der Waals surface area contributed by atoms with E-state index >= 15 is 0 Å². The van der Waals surface area contributed by atoms with Gasteiger partial charge in [-0.05, 0) is 70.9 Å². The number of ether oxygens (including phenoxy) is 2. The lowest BCUT2D eigenvalue weighted by atomic mass is 9.86. The Kier molecular flexibility index (Phi) is 10.5. The van der Waals surface area contributed by atoms with Crippen LogP contribution in [-0.4, -0.2) is 84.1 Å². The van der Waals surface area contributed by atoms with E-state index < -0.39 is 34.7 Å². The van der Waals surface area contributed by atoms with Gasteiger partial charge >= 0.3 is 12.2 Å². The first-order valence-electron chi connectivity index (χ1n) is 16.2. The summed E-state index contributed by atoms with van der Waals surface area (Å²) in [5, 5.41) is 12.8. The third kappa shape index (κ3) is 8.34. The molecule has 2 amide bonds. The molecule has 1 saturated carbocycles. The van der Waals surface area contributed by atoms with Gasteiger partial charge in [0.15, 0.2) is 0 Å². The smallest absolute Gasteiger partial charge is 0.506 e. The van der Waals surface area contributed by atoms with Gasteiger partial charge in [0.2, 0.25) is 5.71 Å². The number of nitrogens with one attached hydrogen (secondary N) is 1. The SMILES string of the molecule is CNC(=O)c1c(-c2ccc(C)cc2)oc2nc(CN(CCCC3(OC(=O)O)CCN(C(=O)OC(C)(C)C)CC3)S(=O)[O-])c(C3CC3)cc12. The third-order valence-corrected chi connectivity index (χ3v) is 9.52. The highest BCUT2D eigenvalue weighted by atomic mass is 32.2. The van der Waals surface area contributed by atoms with Crippen molar-refractivity contribution >= 4 is 40.5 Å². The lowest BCUT2D eigenvalue weighted by molar-refractivity contribution is -0.0643. The molecule has 3 heterocycles. The molecule has 5 rings (SSSR count). The summed E-state index contributed by atoms with van der Waals surface area (Å²) in [7, 11) is 1.56. The fraction of sp³-hybridized carbons (Fsp3) is 0.529. The molecule has 13 nitrogen and oxygen atoms in total. The summed E-state index contributed by atoms with van der Waals surface area (Å²) in [6, 6.07) is 9.53. The molecule has 260 valence electrons. The van der Waals surface area contributed by atoms with Gasteiger partial charge in [0.05, 0.1) is 23.2 Å². The lowest BCUT2D eigenvalue weighted by Gasteiger charge is -2.41. The van der Waals surface area contributed by atoms with Crippen LogP contribution in [0.4, 0.5) is 9.59 Å². The fourth-order valence-electron chi connectivity index (χ4n) is 6.17. The van der Waals surface area contributed by atoms with Crippen LogP contribution in [-0.2, 0) is 27.3 Å². The zero-order chi connectivity index (χ0) is 34.8. The van der Waals surface area contributed by atoms with Crippen LogP contribution in [0.3, 0.4) is 0 Å². The Morgan fingerprint density at radius 1 is 1.19 bits per heavy atom. The van der Waals surface area contributed by atoms with Gasteiger partial charge in [-0.25, -0.2) is 18.9 Å². The number of aryl methyl sites for hydroxylation is 1. The minimum absolute atomic E-state index is 0.0209. The number of furan rings is 1. The predicted octanol–water partition coefficient (Wildman–Crippen LogP) is 5.88. The molecule has 2 aliphatic rings. The first-order chi connectivity index (χ1) is 22.7. The van der Waals surface area contributed by atoms with Gasteiger partial charge in [-0.15, -0.1) is 0 Å². The van der Waals surface area contributed by atoms with Crippen molar-refractivity contribution in [2.45, 2.75) is 89.9 Å². The Hall–Kier alpha value is -4.01. The van der Waals surface area contributed by atoms with Gasteiger partial charge < -0.3 is 33.8 Å². The maximum atomic E-state index is 13.1. The number of benzene rings is 1. The van der Waals surface area contributed by atoms with Crippen LogP contribution in [0, 0.1) is 6.92 Å². The van der Waals surface area contributed by atoms with Gasteiger partial charge in [0.25, 0.3) is 5.91 Å². The predicted molar refractivity (Wildman–Crippen MR) is 177 cm³/mol. The topological polar surface area (TPSA) is 175 Å². The number of hydrogen-bond acceptors (Lipinski definition) is 9. The molecule has 1 saturated heterocycles. The quantitative estimate of drug-likeness (QED) is 0.183. The molecule has 0 radical (unpaired) electrons.